The topological polar surface area (TPSA) is 81.2 Å². The van der Waals surface area contributed by atoms with Gasteiger partial charge in [0.05, 0.1) is 16.3 Å². The molecule has 1 N–H and O–H groups in total. The summed E-state index contributed by atoms with van der Waals surface area (Å²) in [5.74, 6) is -0.449. The lowest BCUT2D eigenvalue weighted by Gasteiger charge is -2.08. The number of carbonyl (C=O) groups excluding carboxylic acids is 2. The standard InChI is InChI=1S/C18H14ClN3O3S/c1-2-15-16(26-22-21-15)18(24)25-12-9-7-11(8-10-12)20-17(23)13-5-3-4-6-14(13)19/h3-10H,2H2,1H3,(H,20,23). The van der Waals surface area contributed by atoms with Crippen molar-refractivity contribution in [2.24, 2.45) is 0 Å². The van der Waals surface area contributed by atoms with E-state index >= 15 is 0 Å². The predicted molar refractivity (Wildman–Crippen MR) is 100 cm³/mol. The fourth-order valence-electron chi connectivity index (χ4n) is 2.20. The number of carbonyl (C=O) groups is 2. The molecular formula is C18H14ClN3O3S. The smallest absolute Gasteiger partial charge is 0.357 e. The van der Waals surface area contributed by atoms with Crippen LogP contribution in [0.5, 0.6) is 5.75 Å². The van der Waals surface area contributed by atoms with Gasteiger partial charge < -0.3 is 10.1 Å². The lowest BCUT2D eigenvalue weighted by molar-refractivity contribution is 0.0738. The number of aryl methyl sites for hydroxylation is 1. The molecular weight excluding hydrogens is 374 g/mol. The van der Waals surface area contributed by atoms with Gasteiger partial charge >= 0.3 is 5.97 Å². The highest BCUT2D eigenvalue weighted by molar-refractivity contribution is 7.07. The summed E-state index contributed by atoms with van der Waals surface area (Å²) in [6.07, 6.45) is 0.605. The van der Waals surface area contributed by atoms with Gasteiger partial charge in [0, 0.05) is 5.69 Å². The monoisotopic (exact) mass is 387 g/mol. The number of halogens is 1. The van der Waals surface area contributed by atoms with Crippen LogP contribution in [0.1, 0.15) is 32.6 Å². The van der Waals surface area contributed by atoms with E-state index < -0.39 is 5.97 Å². The van der Waals surface area contributed by atoms with Gasteiger partial charge in [-0.3, -0.25) is 4.79 Å². The summed E-state index contributed by atoms with van der Waals surface area (Å²) in [5.41, 5.74) is 1.56. The molecule has 0 atom stereocenters. The molecule has 0 fully saturated rings. The Balaban J connectivity index is 1.66. The molecule has 0 aliphatic heterocycles. The zero-order chi connectivity index (χ0) is 18.5. The Bertz CT molecular complexity index is 941. The Labute approximate surface area is 158 Å². The van der Waals surface area contributed by atoms with Gasteiger partial charge in [-0.05, 0) is 54.4 Å². The number of ether oxygens (including phenoxy) is 1. The van der Waals surface area contributed by atoms with Crippen LogP contribution in [0, 0.1) is 0 Å². The number of aromatic nitrogens is 2. The Morgan fingerprint density at radius 3 is 2.58 bits per heavy atom. The first-order chi connectivity index (χ1) is 12.6. The van der Waals surface area contributed by atoms with E-state index in [0.29, 0.717) is 39.0 Å². The number of amides is 1. The van der Waals surface area contributed by atoms with Crippen LogP contribution in [0.25, 0.3) is 0 Å². The van der Waals surface area contributed by atoms with E-state index in [0.717, 1.165) is 11.5 Å². The maximum Gasteiger partial charge on any atom is 0.357 e. The van der Waals surface area contributed by atoms with E-state index in [1.165, 1.54) is 0 Å². The highest BCUT2D eigenvalue weighted by atomic mass is 35.5. The molecule has 1 heterocycles. The summed E-state index contributed by atoms with van der Waals surface area (Å²) in [7, 11) is 0. The first-order valence-corrected chi connectivity index (χ1v) is 8.93. The van der Waals surface area contributed by atoms with Crippen LogP contribution in [0.15, 0.2) is 48.5 Å². The third-order valence-corrected chi connectivity index (χ3v) is 4.60. The number of nitrogens with zero attached hydrogens (tertiary/aromatic N) is 2. The first kappa shape index (κ1) is 18.0. The number of anilines is 1. The van der Waals surface area contributed by atoms with E-state index in [9.17, 15) is 9.59 Å². The molecule has 0 aliphatic carbocycles. The Kier molecular flexibility index (Phi) is 5.60. The van der Waals surface area contributed by atoms with Crippen molar-refractivity contribution < 1.29 is 14.3 Å². The third kappa shape index (κ3) is 4.07. The SMILES string of the molecule is CCc1nnsc1C(=O)Oc1ccc(NC(=O)c2ccccc2Cl)cc1. The number of hydrogen-bond acceptors (Lipinski definition) is 6. The second-order valence-electron chi connectivity index (χ2n) is 5.25. The highest BCUT2D eigenvalue weighted by Crippen LogP contribution is 2.21. The van der Waals surface area contributed by atoms with Gasteiger partial charge in [-0.15, -0.1) is 5.10 Å². The van der Waals surface area contributed by atoms with Crippen LogP contribution in [0.3, 0.4) is 0 Å². The largest absolute Gasteiger partial charge is 0.422 e. The van der Waals surface area contributed by atoms with Crippen molar-refractivity contribution in [3.63, 3.8) is 0 Å². The number of rotatable bonds is 5. The van der Waals surface area contributed by atoms with E-state index in [4.69, 9.17) is 16.3 Å². The fraction of sp³-hybridized carbons (Fsp3) is 0.111. The van der Waals surface area contributed by atoms with Gasteiger partial charge in [0.1, 0.15) is 5.75 Å². The normalized spacial score (nSPS) is 10.4. The molecule has 0 aliphatic rings. The first-order valence-electron chi connectivity index (χ1n) is 7.78. The van der Waals surface area contributed by atoms with Crippen molar-refractivity contribution in [2.75, 3.05) is 5.32 Å². The van der Waals surface area contributed by atoms with Crippen molar-refractivity contribution in [3.8, 4) is 5.75 Å². The van der Waals surface area contributed by atoms with Crippen molar-refractivity contribution in [2.45, 2.75) is 13.3 Å². The Morgan fingerprint density at radius 1 is 1.15 bits per heavy atom. The minimum Gasteiger partial charge on any atom is -0.422 e. The molecule has 1 amide bonds. The quantitative estimate of drug-likeness (QED) is 0.523. The molecule has 1 aromatic heterocycles. The number of nitrogens with one attached hydrogen (secondary N) is 1. The number of esters is 1. The van der Waals surface area contributed by atoms with E-state index in [2.05, 4.69) is 14.9 Å². The van der Waals surface area contributed by atoms with Crippen LogP contribution >= 0.6 is 23.1 Å². The van der Waals surface area contributed by atoms with Crippen LogP contribution in [-0.2, 0) is 6.42 Å². The molecule has 2 aromatic carbocycles. The second-order valence-corrected chi connectivity index (χ2v) is 6.41. The average molecular weight is 388 g/mol. The van der Waals surface area contributed by atoms with Gasteiger partial charge in [0.25, 0.3) is 5.91 Å². The van der Waals surface area contributed by atoms with Crippen molar-refractivity contribution >= 4 is 40.7 Å². The highest BCUT2D eigenvalue weighted by Gasteiger charge is 2.17. The summed E-state index contributed by atoms with van der Waals surface area (Å²) >= 11 is 7.02. The maximum absolute atomic E-state index is 12.2. The molecule has 6 nitrogen and oxygen atoms in total. The third-order valence-electron chi connectivity index (χ3n) is 3.52. The summed E-state index contributed by atoms with van der Waals surface area (Å²) in [4.78, 5) is 24.8. The summed E-state index contributed by atoms with van der Waals surface area (Å²) in [6, 6.07) is 13.3. The zero-order valence-electron chi connectivity index (χ0n) is 13.7. The van der Waals surface area contributed by atoms with Gasteiger partial charge in [-0.1, -0.05) is 35.1 Å². The van der Waals surface area contributed by atoms with Crippen LogP contribution in [0.2, 0.25) is 5.02 Å². The molecule has 132 valence electrons. The summed E-state index contributed by atoms with van der Waals surface area (Å²) < 4.78 is 9.09. The van der Waals surface area contributed by atoms with Gasteiger partial charge in [-0.2, -0.15) is 0 Å². The van der Waals surface area contributed by atoms with Crippen LogP contribution in [0.4, 0.5) is 5.69 Å². The zero-order valence-corrected chi connectivity index (χ0v) is 15.3. The van der Waals surface area contributed by atoms with Gasteiger partial charge in [0.15, 0.2) is 4.88 Å². The van der Waals surface area contributed by atoms with E-state index in [1.54, 1.807) is 48.5 Å². The lowest BCUT2D eigenvalue weighted by atomic mass is 10.2. The molecule has 26 heavy (non-hydrogen) atoms. The minimum absolute atomic E-state index is 0.316. The van der Waals surface area contributed by atoms with Crippen LogP contribution in [-0.4, -0.2) is 21.5 Å². The summed E-state index contributed by atoms with van der Waals surface area (Å²) in [6.45, 7) is 1.89. The van der Waals surface area contributed by atoms with Gasteiger partial charge in [-0.25, -0.2) is 4.79 Å². The van der Waals surface area contributed by atoms with E-state index in [-0.39, 0.29) is 5.91 Å². The lowest BCUT2D eigenvalue weighted by Crippen LogP contribution is -2.12. The molecule has 3 aromatic rings. The molecule has 0 spiro atoms. The average Bonchev–Trinajstić information content (AvgIpc) is 3.12. The number of hydrogen-bond donors (Lipinski definition) is 1. The van der Waals surface area contributed by atoms with Crippen molar-refractivity contribution in [3.05, 3.63) is 69.7 Å². The summed E-state index contributed by atoms with van der Waals surface area (Å²) in [5, 5.41) is 7.01. The minimum atomic E-state index is -0.496. The second kappa shape index (κ2) is 8.07. The van der Waals surface area contributed by atoms with Crippen molar-refractivity contribution in [1.82, 2.24) is 9.59 Å². The molecule has 3 rings (SSSR count). The molecule has 8 heteroatoms. The van der Waals surface area contributed by atoms with Crippen molar-refractivity contribution in [1.29, 1.82) is 0 Å². The molecule has 0 unspecified atom stereocenters. The fourth-order valence-corrected chi connectivity index (χ4v) is 3.05. The number of benzene rings is 2. The molecule has 0 saturated carbocycles. The molecule has 0 bridgehead atoms. The Morgan fingerprint density at radius 2 is 1.88 bits per heavy atom. The van der Waals surface area contributed by atoms with E-state index in [1.807, 2.05) is 6.92 Å². The predicted octanol–water partition coefficient (Wildman–Crippen LogP) is 4.23. The molecule has 0 saturated heterocycles. The molecule has 0 radical (unpaired) electrons. The Hall–Kier alpha value is -2.77. The van der Waals surface area contributed by atoms with Crippen LogP contribution < -0.4 is 10.1 Å². The maximum atomic E-state index is 12.2. The van der Waals surface area contributed by atoms with Gasteiger partial charge in [0.2, 0.25) is 0 Å².